The van der Waals surface area contributed by atoms with Crippen LogP contribution in [0.2, 0.25) is 0 Å². The number of imidazole rings is 1. The molecule has 9 nitrogen and oxygen atoms in total. The highest BCUT2D eigenvalue weighted by Gasteiger charge is 2.57. The second-order valence-electron chi connectivity index (χ2n) is 7.97. The number of urea groups is 1. The van der Waals surface area contributed by atoms with Crippen LogP contribution in [0.1, 0.15) is 33.1 Å². The third kappa shape index (κ3) is 3.76. The summed E-state index contributed by atoms with van der Waals surface area (Å²) < 4.78 is 1.72. The molecule has 1 spiro atoms. The van der Waals surface area contributed by atoms with Gasteiger partial charge in [0.2, 0.25) is 5.91 Å². The Hall–Kier alpha value is -2.42. The van der Waals surface area contributed by atoms with Gasteiger partial charge in [-0.3, -0.25) is 14.5 Å². The van der Waals surface area contributed by atoms with E-state index < -0.39 is 5.54 Å². The fourth-order valence-corrected chi connectivity index (χ4v) is 4.07. The van der Waals surface area contributed by atoms with Crippen LogP contribution < -0.4 is 0 Å². The lowest BCUT2D eigenvalue weighted by atomic mass is 9.85. The Labute approximate surface area is 164 Å². The van der Waals surface area contributed by atoms with E-state index in [2.05, 4.69) is 4.98 Å². The summed E-state index contributed by atoms with van der Waals surface area (Å²) in [5.41, 5.74) is -0.872. The normalized spacial score (nSPS) is 19.4. The lowest BCUT2D eigenvalue weighted by molar-refractivity contribution is -0.141. The van der Waals surface area contributed by atoms with Crippen molar-refractivity contribution in [3.63, 3.8) is 0 Å². The molecule has 0 bridgehead atoms. The Kier molecular flexibility index (Phi) is 6.02. The number of imide groups is 1. The molecular weight excluding hydrogens is 362 g/mol. The number of likely N-dealkylation sites (tertiary alicyclic amines) is 1. The van der Waals surface area contributed by atoms with Gasteiger partial charge in [-0.25, -0.2) is 9.78 Å². The molecule has 0 unspecified atom stereocenters. The largest absolute Gasteiger partial charge is 0.396 e. The predicted molar refractivity (Wildman–Crippen MR) is 101 cm³/mol. The second kappa shape index (κ2) is 8.30. The first kappa shape index (κ1) is 20.3. The minimum atomic E-state index is -0.872. The van der Waals surface area contributed by atoms with E-state index in [0.717, 1.165) is 0 Å². The molecule has 3 rings (SSSR count). The minimum absolute atomic E-state index is 0.0165. The highest BCUT2D eigenvalue weighted by molar-refractivity contribution is 6.07. The van der Waals surface area contributed by atoms with Crippen molar-refractivity contribution in [2.45, 2.75) is 45.2 Å². The Balaban J connectivity index is 1.73. The summed E-state index contributed by atoms with van der Waals surface area (Å²) in [5.74, 6) is 0.0257. The zero-order valence-corrected chi connectivity index (χ0v) is 16.6. The highest BCUT2D eigenvalue weighted by atomic mass is 16.3. The molecule has 0 radical (unpaired) electrons. The van der Waals surface area contributed by atoms with E-state index in [1.165, 1.54) is 4.90 Å². The zero-order chi connectivity index (χ0) is 20.3. The lowest BCUT2D eigenvalue weighted by Crippen LogP contribution is -2.58. The third-order valence-corrected chi connectivity index (χ3v) is 5.53. The molecule has 0 aromatic carbocycles. The monoisotopic (exact) mass is 391 g/mol. The molecule has 28 heavy (non-hydrogen) atoms. The van der Waals surface area contributed by atoms with E-state index in [1.807, 2.05) is 13.8 Å². The van der Waals surface area contributed by atoms with Crippen molar-refractivity contribution in [1.82, 2.24) is 24.3 Å². The van der Waals surface area contributed by atoms with Gasteiger partial charge in [0.05, 0.1) is 6.33 Å². The number of nitrogens with zero attached hydrogens (tertiary/aromatic N) is 5. The average Bonchev–Trinajstić information content (AvgIpc) is 3.24. The number of hydrogen-bond donors (Lipinski definition) is 1. The SMILES string of the molecule is CC(C)CN1C(=O)N(CCCO)C(=O)C12CCN(C(=O)Cn1ccnc1)CC2. The molecule has 9 heteroatoms. The van der Waals surface area contributed by atoms with E-state index in [1.54, 1.807) is 33.1 Å². The summed E-state index contributed by atoms with van der Waals surface area (Å²) >= 11 is 0. The number of rotatable bonds is 7. The van der Waals surface area contributed by atoms with Crippen LogP contribution in [0.5, 0.6) is 0 Å². The molecule has 1 N–H and O–H groups in total. The van der Waals surface area contributed by atoms with Gasteiger partial charge >= 0.3 is 6.03 Å². The smallest absolute Gasteiger partial charge is 0.327 e. The van der Waals surface area contributed by atoms with Crippen LogP contribution in [0.3, 0.4) is 0 Å². The highest BCUT2D eigenvalue weighted by Crippen LogP contribution is 2.38. The van der Waals surface area contributed by atoms with Crippen LogP contribution in [0.25, 0.3) is 0 Å². The van der Waals surface area contributed by atoms with Crippen molar-refractivity contribution in [3.05, 3.63) is 18.7 Å². The van der Waals surface area contributed by atoms with E-state index in [4.69, 9.17) is 5.11 Å². The number of carbonyl (C=O) groups excluding carboxylic acids is 3. The predicted octanol–water partition coefficient (Wildman–Crippen LogP) is 0.547. The average molecular weight is 391 g/mol. The molecule has 0 saturated carbocycles. The summed E-state index contributed by atoms with van der Waals surface area (Å²) in [5, 5.41) is 9.10. The number of aliphatic hydroxyl groups is 1. The molecule has 154 valence electrons. The molecule has 2 saturated heterocycles. The summed E-state index contributed by atoms with van der Waals surface area (Å²) in [6, 6.07) is -0.273. The summed E-state index contributed by atoms with van der Waals surface area (Å²) in [6.07, 6.45) is 6.23. The van der Waals surface area contributed by atoms with Gasteiger partial charge in [-0.1, -0.05) is 13.8 Å². The maximum Gasteiger partial charge on any atom is 0.327 e. The van der Waals surface area contributed by atoms with Crippen molar-refractivity contribution >= 4 is 17.8 Å². The fourth-order valence-electron chi connectivity index (χ4n) is 4.07. The Bertz CT molecular complexity index is 710. The van der Waals surface area contributed by atoms with Crippen molar-refractivity contribution < 1.29 is 19.5 Å². The van der Waals surface area contributed by atoms with Crippen molar-refractivity contribution in [2.75, 3.05) is 32.8 Å². The molecule has 2 aliphatic heterocycles. The molecule has 0 aliphatic carbocycles. The topological polar surface area (TPSA) is 99.0 Å². The van der Waals surface area contributed by atoms with Gasteiger partial charge in [-0.05, 0) is 25.2 Å². The molecule has 0 atom stereocenters. The molecular formula is C19H29N5O4. The third-order valence-electron chi connectivity index (χ3n) is 5.53. The molecule has 2 aliphatic rings. The minimum Gasteiger partial charge on any atom is -0.396 e. The number of piperidine rings is 1. The number of aliphatic hydroxyl groups excluding tert-OH is 1. The van der Waals surface area contributed by atoms with E-state index in [9.17, 15) is 14.4 Å². The summed E-state index contributed by atoms with van der Waals surface area (Å²) in [4.78, 5) is 47.3. The number of hydrogen-bond acceptors (Lipinski definition) is 5. The molecule has 4 amide bonds. The first-order valence-electron chi connectivity index (χ1n) is 9.87. The molecule has 1 aromatic rings. The van der Waals surface area contributed by atoms with E-state index in [0.29, 0.717) is 38.9 Å². The fraction of sp³-hybridized carbons (Fsp3) is 0.684. The lowest BCUT2D eigenvalue weighted by Gasteiger charge is -2.42. The first-order valence-corrected chi connectivity index (χ1v) is 9.87. The van der Waals surface area contributed by atoms with Crippen LogP contribution in [0.4, 0.5) is 4.79 Å². The van der Waals surface area contributed by atoms with Gasteiger partial charge in [-0.15, -0.1) is 0 Å². The molecule has 1 aromatic heterocycles. The molecule has 2 fully saturated rings. The van der Waals surface area contributed by atoms with Gasteiger partial charge in [0.1, 0.15) is 12.1 Å². The maximum atomic E-state index is 13.2. The summed E-state index contributed by atoms with van der Waals surface area (Å²) in [6.45, 7) is 5.81. The van der Waals surface area contributed by atoms with Crippen LogP contribution in [0, 0.1) is 5.92 Å². The van der Waals surface area contributed by atoms with Crippen molar-refractivity contribution in [3.8, 4) is 0 Å². The first-order chi connectivity index (χ1) is 13.4. The maximum absolute atomic E-state index is 13.2. The summed E-state index contributed by atoms with van der Waals surface area (Å²) in [7, 11) is 0. The zero-order valence-electron chi connectivity index (χ0n) is 16.6. The Morgan fingerprint density at radius 2 is 2.00 bits per heavy atom. The van der Waals surface area contributed by atoms with Crippen molar-refractivity contribution in [2.24, 2.45) is 5.92 Å². The van der Waals surface area contributed by atoms with E-state index in [-0.39, 0.29) is 43.5 Å². The van der Waals surface area contributed by atoms with Crippen LogP contribution in [-0.4, -0.2) is 85.5 Å². The Morgan fingerprint density at radius 1 is 1.29 bits per heavy atom. The number of aromatic nitrogens is 2. The van der Waals surface area contributed by atoms with Gasteiger partial charge in [0.25, 0.3) is 5.91 Å². The van der Waals surface area contributed by atoms with Crippen LogP contribution in [-0.2, 0) is 16.1 Å². The van der Waals surface area contributed by atoms with Gasteiger partial charge in [0, 0.05) is 45.2 Å². The van der Waals surface area contributed by atoms with Gasteiger partial charge in [0.15, 0.2) is 0 Å². The Morgan fingerprint density at radius 3 is 2.57 bits per heavy atom. The number of carbonyl (C=O) groups is 3. The van der Waals surface area contributed by atoms with Crippen LogP contribution in [0.15, 0.2) is 18.7 Å². The quantitative estimate of drug-likeness (QED) is 0.684. The van der Waals surface area contributed by atoms with Gasteiger partial charge < -0.3 is 19.5 Å². The molecule has 3 heterocycles. The van der Waals surface area contributed by atoms with Gasteiger partial charge in [-0.2, -0.15) is 0 Å². The standard InChI is InChI=1S/C19H29N5O4/c1-15(2)12-24-18(28)23(7-3-11-25)17(27)19(24)4-8-22(9-5-19)16(26)13-21-10-6-20-14-21/h6,10,14-15,25H,3-5,7-9,11-13H2,1-2H3. The second-order valence-corrected chi connectivity index (χ2v) is 7.97. The van der Waals surface area contributed by atoms with Crippen LogP contribution >= 0.6 is 0 Å². The number of amides is 4. The van der Waals surface area contributed by atoms with Crippen molar-refractivity contribution in [1.29, 1.82) is 0 Å². The van der Waals surface area contributed by atoms with E-state index >= 15 is 0 Å².